The Morgan fingerprint density at radius 3 is 2.38 bits per heavy atom. The first-order valence-corrected chi connectivity index (χ1v) is 18.0. The highest BCUT2D eigenvalue weighted by molar-refractivity contribution is 6.30. The van der Waals surface area contributed by atoms with Crippen LogP contribution in [-0.2, 0) is 14.3 Å². The predicted molar refractivity (Wildman–Crippen MR) is 201 cm³/mol. The number of nitrogens with zero attached hydrogens (tertiary/aromatic N) is 4. The summed E-state index contributed by atoms with van der Waals surface area (Å²) in [6.45, 7) is 7.45. The van der Waals surface area contributed by atoms with Crippen molar-refractivity contribution in [3.8, 4) is 11.6 Å². The third-order valence-corrected chi connectivity index (χ3v) is 8.55. The number of aliphatic carboxylic acids is 1. The Morgan fingerprint density at radius 2 is 1.79 bits per heavy atom. The second-order valence-electron chi connectivity index (χ2n) is 14.4. The van der Waals surface area contributed by atoms with Crippen LogP contribution in [-0.4, -0.2) is 63.0 Å². The van der Waals surface area contributed by atoms with Gasteiger partial charge in [-0.2, -0.15) is 23.3 Å². The summed E-state index contributed by atoms with van der Waals surface area (Å²) in [4.78, 5) is 41.7. The number of rotatable bonds is 12. The van der Waals surface area contributed by atoms with E-state index in [2.05, 4.69) is 20.4 Å². The molecular weight excluding hydrogens is 755 g/mol. The van der Waals surface area contributed by atoms with Crippen molar-refractivity contribution in [2.45, 2.75) is 71.7 Å². The van der Waals surface area contributed by atoms with Crippen LogP contribution in [0, 0.1) is 18.3 Å². The monoisotopic (exact) mass is 798 g/mol. The quantitative estimate of drug-likeness (QED) is 0.152. The average Bonchev–Trinajstić information content (AvgIpc) is 3.57. The number of hydrogen-bond donors (Lipinski definition) is 3. The lowest BCUT2D eigenvalue weighted by Gasteiger charge is -2.26. The average molecular weight is 799 g/mol. The maximum Gasteiger partial charge on any atom is 0.429 e. The zero-order valence-corrected chi connectivity index (χ0v) is 32.1. The zero-order chi connectivity index (χ0) is 41.2. The van der Waals surface area contributed by atoms with Crippen molar-refractivity contribution in [1.82, 2.24) is 25.1 Å². The molecule has 2 heterocycles. The van der Waals surface area contributed by atoms with Crippen LogP contribution in [0.25, 0.3) is 11.3 Å². The number of carboxylic acids is 1. The summed E-state index contributed by atoms with van der Waals surface area (Å²) >= 11 is 6.13. The highest BCUT2D eigenvalue weighted by Crippen LogP contribution is 2.40. The van der Waals surface area contributed by atoms with Gasteiger partial charge < -0.3 is 36.2 Å². The summed E-state index contributed by atoms with van der Waals surface area (Å²) in [5.74, 6) is -2.55. The molecule has 300 valence electrons. The molecule has 1 aliphatic rings. The number of hydrogen-bond acceptors (Lipinski definition) is 11. The summed E-state index contributed by atoms with van der Waals surface area (Å²) in [5.41, 5.74) is 14.0. The molecule has 13 nitrogen and oxygen atoms in total. The minimum absolute atomic E-state index is 0.117. The number of alkyl halides is 3. The van der Waals surface area contributed by atoms with Gasteiger partial charge in [0.25, 0.3) is 5.91 Å². The minimum atomic E-state index is -4.81. The standard InChI is InChI=1S/C30H36ClF3N6O3.C9H9NO3/c1-17-11-12-40(39-17)24-14-20(31)9-10-21(24)26(30(32,33)34)43-25-15-23(37-28(36)38-25)19-7-5-18(6-8-19)13-22(35)27(41)42-16-29(2,3)4;11-8(12)6-10-9(13)7-4-2-1-3-5-7/h7,9-12,14-15,18,22,26H,5-6,8,13,16,35H2,1-4H3,(H2,36,37,38);1-5H,6H2,(H,10,13)(H,11,12)/p-1/t18?,22-,26+;/m0./s1. The Balaban J connectivity index is 0.000000453. The third kappa shape index (κ3) is 13.1. The second-order valence-corrected chi connectivity index (χ2v) is 14.8. The van der Waals surface area contributed by atoms with Crippen molar-refractivity contribution >= 4 is 41.0 Å². The number of carbonyl (C=O) groups excluding carboxylic acids is 3. The lowest BCUT2D eigenvalue weighted by atomic mass is 9.84. The molecule has 5 N–H and O–H groups in total. The van der Waals surface area contributed by atoms with Gasteiger partial charge in [0.2, 0.25) is 17.9 Å². The van der Waals surface area contributed by atoms with Crippen LogP contribution < -0.4 is 26.6 Å². The van der Waals surface area contributed by atoms with E-state index in [-0.39, 0.29) is 46.0 Å². The summed E-state index contributed by atoms with van der Waals surface area (Å²) in [6, 6.07) is 14.7. The molecular formula is C39H44ClF3N7O6-. The lowest BCUT2D eigenvalue weighted by Crippen LogP contribution is -2.37. The molecule has 2 aromatic heterocycles. The molecule has 1 aliphatic carbocycles. The van der Waals surface area contributed by atoms with Crippen LogP contribution in [0.5, 0.6) is 5.88 Å². The number of allylic oxidation sites excluding steroid dienone is 2. The van der Waals surface area contributed by atoms with Crippen molar-refractivity contribution in [1.29, 1.82) is 0 Å². The Hall–Kier alpha value is -5.48. The molecule has 0 radical (unpaired) electrons. The molecule has 0 saturated carbocycles. The van der Waals surface area contributed by atoms with Gasteiger partial charge in [-0.3, -0.25) is 9.59 Å². The first kappa shape index (κ1) is 43.3. The number of halogens is 4. The number of amides is 1. The summed E-state index contributed by atoms with van der Waals surface area (Å²) in [6.07, 6.45) is -1.39. The van der Waals surface area contributed by atoms with Gasteiger partial charge in [-0.15, -0.1) is 0 Å². The van der Waals surface area contributed by atoms with Crippen molar-refractivity contribution in [3.05, 3.63) is 100 Å². The van der Waals surface area contributed by atoms with Gasteiger partial charge in [0.15, 0.2) is 0 Å². The number of esters is 1. The van der Waals surface area contributed by atoms with Gasteiger partial charge >= 0.3 is 12.1 Å². The summed E-state index contributed by atoms with van der Waals surface area (Å²) in [7, 11) is 0. The van der Waals surface area contributed by atoms with E-state index >= 15 is 0 Å². The number of aromatic nitrogens is 4. The normalized spacial score (nSPS) is 15.4. The van der Waals surface area contributed by atoms with Crippen LogP contribution in [0.2, 0.25) is 5.02 Å². The molecule has 2 aromatic carbocycles. The van der Waals surface area contributed by atoms with Gasteiger partial charge in [-0.1, -0.05) is 62.7 Å². The molecule has 17 heteroatoms. The number of nitrogens with one attached hydrogen (secondary N) is 1. The number of benzene rings is 2. The van der Waals surface area contributed by atoms with E-state index < -0.39 is 42.7 Å². The van der Waals surface area contributed by atoms with E-state index in [4.69, 9.17) is 32.5 Å². The van der Waals surface area contributed by atoms with Gasteiger partial charge in [0.05, 0.1) is 36.2 Å². The van der Waals surface area contributed by atoms with Crippen molar-refractivity contribution < 1.29 is 42.1 Å². The van der Waals surface area contributed by atoms with Crippen LogP contribution in [0.4, 0.5) is 19.1 Å². The van der Waals surface area contributed by atoms with Gasteiger partial charge in [-0.25, -0.2) is 9.67 Å². The Bertz CT molecular complexity index is 2020. The van der Waals surface area contributed by atoms with E-state index in [9.17, 15) is 32.7 Å². The molecule has 0 saturated heterocycles. The summed E-state index contributed by atoms with van der Waals surface area (Å²) < 4.78 is 55.5. The smallest absolute Gasteiger partial charge is 0.429 e. The maximum atomic E-state index is 14.4. The van der Waals surface area contributed by atoms with Crippen LogP contribution >= 0.6 is 11.6 Å². The zero-order valence-electron chi connectivity index (χ0n) is 31.3. The van der Waals surface area contributed by atoms with Crippen molar-refractivity contribution in [2.75, 3.05) is 18.9 Å². The van der Waals surface area contributed by atoms with E-state index in [0.717, 1.165) is 5.57 Å². The number of nitrogens with two attached hydrogens (primary N) is 2. The van der Waals surface area contributed by atoms with Crippen LogP contribution in [0.3, 0.4) is 0 Å². The first-order chi connectivity index (χ1) is 26.3. The Kier molecular flexibility index (Phi) is 14.6. The molecule has 0 spiro atoms. The molecule has 3 atom stereocenters. The molecule has 4 aromatic rings. The van der Waals surface area contributed by atoms with E-state index in [1.165, 1.54) is 28.9 Å². The van der Waals surface area contributed by atoms with E-state index in [0.29, 0.717) is 42.6 Å². The van der Waals surface area contributed by atoms with E-state index in [1.54, 1.807) is 49.5 Å². The van der Waals surface area contributed by atoms with Crippen LogP contribution in [0.15, 0.2) is 72.9 Å². The topological polar surface area (TPSA) is 200 Å². The van der Waals surface area contributed by atoms with E-state index in [1.807, 2.05) is 26.8 Å². The number of anilines is 1. The fourth-order valence-electron chi connectivity index (χ4n) is 5.61. The molecule has 56 heavy (non-hydrogen) atoms. The Morgan fingerprint density at radius 1 is 1.07 bits per heavy atom. The lowest BCUT2D eigenvalue weighted by molar-refractivity contribution is -0.303. The number of aryl methyl sites for hydroxylation is 1. The minimum Gasteiger partial charge on any atom is -0.548 e. The second kappa shape index (κ2) is 18.9. The van der Waals surface area contributed by atoms with Crippen molar-refractivity contribution in [2.24, 2.45) is 17.1 Å². The molecule has 5 rings (SSSR count). The molecule has 0 aliphatic heterocycles. The van der Waals surface area contributed by atoms with Crippen molar-refractivity contribution in [3.63, 3.8) is 0 Å². The van der Waals surface area contributed by atoms with Gasteiger partial charge in [0.1, 0.15) is 6.04 Å². The first-order valence-electron chi connectivity index (χ1n) is 17.6. The highest BCUT2D eigenvalue weighted by atomic mass is 35.5. The number of ether oxygens (including phenoxy) is 2. The fourth-order valence-corrected chi connectivity index (χ4v) is 5.78. The predicted octanol–water partition coefficient (Wildman–Crippen LogP) is 5.55. The highest BCUT2D eigenvalue weighted by Gasteiger charge is 2.45. The third-order valence-electron chi connectivity index (χ3n) is 8.32. The summed E-state index contributed by atoms with van der Waals surface area (Å²) in [5, 5.41) is 16.7. The molecule has 0 bridgehead atoms. The molecule has 0 fully saturated rings. The molecule has 1 unspecified atom stereocenters. The number of nitrogen functional groups attached to an aromatic ring is 1. The Labute approximate surface area is 327 Å². The van der Waals surface area contributed by atoms with Crippen LogP contribution in [0.1, 0.15) is 79.9 Å². The largest absolute Gasteiger partial charge is 0.548 e. The molecule has 1 amide bonds. The van der Waals surface area contributed by atoms with Gasteiger partial charge in [0, 0.05) is 28.4 Å². The fraction of sp³-hybridized carbons (Fsp3) is 0.385. The number of carbonyl (C=O) groups is 3. The number of carboxylic acid groups (broad SMARTS) is 1. The van der Waals surface area contributed by atoms with Gasteiger partial charge in [-0.05, 0) is 79.8 Å². The SMILES string of the molecule is Cc1ccn(-c2cc(Cl)ccc2[C@@H](Oc2cc(C3=CCC(C[C@H](N)C(=O)OCC(C)(C)C)CC3)nc(N)n2)C(F)(F)F)n1.O=C([O-])CNC(=O)c1ccccc1. The maximum absolute atomic E-state index is 14.4.